The van der Waals surface area contributed by atoms with Crippen molar-refractivity contribution in [1.82, 2.24) is 10.2 Å². The lowest BCUT2D eigenvalue weighted by Gasteiger charge is -2.30. The number of carbonyl (C=O) groups excluding carboxylic acids is 2. The molecular formula is C19H29N3O3. The van der Waals surface area contributed by atoms with Gasteiger partial charge < -0.3 is 15.4 Å². The molecule has 6 nitrogen and oxygen atoms in total. The fourth-order valence-corrected chi connectivity index (χ4v) is 3.23. The summed E-state index contributed by atoms with van der Waals surface area (Å²) in [6.07, 6.45) is 4.64. The third-order valence-electron chi connectivity index (χ3n) is 4.64. The van der Waals surface area contributed by atoms with Crippen LogP contribution in [0.5, 0.6) is 5.75 Å². The van der Waals surface area contributed by atoms with E-state index in [1.54, 1.807) is 31.2 Å². The van der Waals surface area contributed by atoms with Crippen molar-refractivity contribution in [2.45, 2.75) is 38.6 Å². The lowest BCUT2D eigenvalue weighted by molar-refractivity contribution is -0.124. The topological polar surface area (TPSA) is 70.7 Å². The highest BCUT2D eigenvalue weighted by Gasteiger charge is 2.23. The summed E-state index contributed by atoms with van der Waals surface area (Å²) in [4.78, 5) is 26.0. The maximum Gasteiger partial charge on any atom is 0.238 e. The minimum absolute atomic E-state index is 0.0181. The van der Waals surface area contributed by atoms with Crippen molar-refractivity contribution in [1.29, 1.82) is 0 Å². The SMILES string of the molecule is COc1cccc(NC(=O)CN(C)CC(=O)N[C@@H]2CCCC[C@H]2C)c1. The molecule has 0 unspecified atom stereocenters. The number of hydrogen-bond acceptors (Lipinski definition) is 4. The molecule has 1 saturated carbocycles. The molecule has 2 rings (SSSR count). The van der Waals surface area contributed by atoms with E-state index in [-0.39, 0.29) is 30.9 Å². The lowest BCUT2D eigenvalue weighted by atomic mass is 9.86. The molecule has 2 N–H and O–H groups in total. The Bertz CT molecular complexity index is 591. The molecule has 2 atom stereocenters. The van der Waals surface area contributed by atoms with Crippen molar-refractivity contribution in [2.75, 3.05) is 32.6 Å². The number of nitrogens with zero attached hydrogens (tertiary/aromatic N) is 1. The van der Waals surface area contributed by atoms with Crippen molar-refractivity contribution in [3.05, 3.63) is 24.3 Å². The summed E-state index contributed by atoms with van der Waals surface area (Å²) in [7, 11) is 3.36. The third kappa shape index (κ3) is 6.38. The second-order valence-corrected chi connectivity index (χ2v) is 6.89. The van der Waals surface area contributed by atoms with Gasteiger partial charge in [-0.3, -0.25) is 14.5 Å². The third-order valence-corrected chi connectivity index (χ3v) is 4.64. The average Bonchev–Trinajstić information content (AvgIpc) is 2.56. The van der Waals surface area contributed by atoms with Gasteiger partial charge in [0.25, 0.3) is 0 Å². The molecule has 25 heavy (non-hydrogen) atoms. The zero-order valence-corrected chi connectivity index (χ0v) is 15.4. The number of nitrogens with one attached hydrogen (secondary N) is 2. The molecule has 1 fully saturated rings. The Labute approximate surface area is 149 Å². The second kappa shape index (κ2) is 9.42. The summed E-state index contributed by atoms with van der Waals surface area (Å²) < 4.78 is 5.14. The lowest BCUT2D eigenvalue weighted by Crippen LogP contribution is -2.46. The average molecular weight is 347 g/mol. The number of hydrogen-bond donors (Lipinski definition) is 2. The molecule has 0 bridgehead atoms. The van der Waals surface area contributed by atoms with E-state index in [0.717, 1.165) is 6.42 Å². The molecule has 6 heteroatoms. The molecule has 0 aromatic heterocycles. The minimum Gasteiger partial charge on any atom is -0.497 e. The van der Waals surface area contributed by atoms with E-state index >= 15 is 0 Å². The van der Waals surface area contributed by atoms with Gasteiger partial charge in [-0.1, -0.05) is 25.8 Å². The first kappa shape index (κ1) is 19.2. The maximum atomic E-state index is 12.2. The quantitative estimate of drug-likeness (QED) is 0.794. The molecule has 0 spiro atoms. The Hall–Kier alpha value is -2.08. The van der Waals surface area contributed by atoms with Gasteiger partial charge in [-0.15, -0.1) is 0 Å². The Kier molecular flexibility index (Phi) is 7.25. The van der Waals surface area contributed by atoms with Crippen LogP contribution in [0.1, 0.15) is 32.6 Å². The van der Waals surface area contributed by atoms with Crippen molar-refractivity contribution >= 4 is 17.5 Å². The summed E-state index contributed by atoms with van der Waals surface area (Å²) in [5, 5.41) is 5.93. The molecule has 1 aromatic rings. The maximum absolute atomic E-state index is 12.2. The first-order valence-corrected chi connectivity index (χ1v) is 8.89. The van der Waals surface area contributed by atoms with Crippen LogP contribution in [0, 0.1) is 5.92 Å². The van der Waals surface area contributed by atoms with Crippen LogP contribution in [-0.4, -0.2) is 50.0 Å². The van der Waals surface area contributed by atoms with E-state index in [1.165, 1.54) is 19.3 Å². The zero-order valence-electron chi connectivity index (χ0n) is 15.4. The molecule has 138 valence electrons. The summed E-state index contributed by atoms with van der Waals surface area (Å²) >= 11 is 0. The van der Waals surface area contributed by atoms with E-state index in [2.05, 4.69) is 17.6 Å². The van der Waals surface area contributed by atoms with Crippen molar-refractivity contribution in [3.63, 3.8) is 0 Å². The van der Waals surface area contributed by atoms with Gasteiger partial charge in [0.15, 0.2) is 0 Å². The highest BCUT2D eigenvalue weighted by Crippen LogP contribution is 2.23. The fourth-order valence-electron chi connectivity index (χ4n) is 3.23. The number of amides is 2. The number of methoxy groups -OCH3 is 1. The molecule has 1 aromatic carbocycles. The van der Waals surface area contributed by atoms with E-state index in [4.69, 9.17) is 4.74 Å². The van der Waals surface area contributed by atoms with Crippen LogP contribution in [0.3, 0.4) is 0 Å². The van der Waals surface area contributed by atoms with Gasteiger partial charge in [0.05, 0.1) is 20.2 Å². The normalized spacial score (nSPS) is 20.2. The predicted molar refractivity (Wildman–Crippen MR) is 98.7 cm³/mol. The van der Waals surface area contributed by atoms with Gasteiger partial charge in [0, 0.05) is 17.8 Å². The predicted octanol–water partition coefficient (Wildman–Crippen LogP) is 2.26. The van der Waals surface area contributed by atoms with Gasteiger partial charge in [-0.2, -0.15) is 0 Å². The molecular weight excluding hydrogens is 318 g/mol. The van der Waals surface area contributed by atoms with Crippen LogP contribution < -0.4 is 15.4 Å². The summed E-state index contributed by atoms with van der Waals surface area (Å²) in [6, 6.07) is 7.46. The van der Waals surface area contributed by atoms with Gasteiger partial charge in [0.2, 0.25) is 11.8 Å². The highest BCUT2D eigenvalue weighted by molar-refractivity contribution is 5.92. The Balaban J connectivity index is 1.75. The minimum atomic E-state index is -0.158. The van der Waals surface area contributed by atoms with E-state index < -0.39 is 0 Å². The molecule has 1 aliphatic carbocycles. The Morgan fingerprint density at radius 2 is 1.92 bits per heavy atom. The highest BCUT2D eigenvalue weighted by atomic mass is 16.5. The number of benzene rings is 1. The van der Waals surface area contributed by atoms with Crippen molar-refractivity contribution < 1.29 is 14.3 Å². The number of ether oxygens (including phenoxy) is 1. The first-order valence-electron chi connectivity index (χ1n) is 8.89. The monoisotopic (exact) mass is 347 g/mol. The number of likely N-dealkylation sites (N-methyl/N-ethyl adjacent to an activating group) is 1. The molecule has 1 aliphatic rings. The zero-order chi connectivity index (χ0) is 18.2. The summed E-state index contributed by atoms with van der Waals surface area (Å²) in [6.45, 7) is 2.56. The largest absolute Gasteiger partial charge is 0.497 e. The smallest absolute Gasteiger partial charge is 0.238 e. The number of carbonyl (C=O) groups is 2. The van der Waals surface area contributed by atoms with Crippen LogP contribution in [0.25, 0.3) is 0 Å². The van der Waals surface area contributed by atoms with Crippen LogP contribution in [0.15, 0.2) is 24.3 Å². The van der Waals surface area contributed by atoms with Gasteiger partial charge >= 0.3 is 0 Å². The molecule has 0 heterocycles. The second-order valence-electron chi connectivity index (χ2n) is 6.89. The number of rotatable bonds is 7. The molecule has 2 amide bonds. The Morgan fingerprint density at radius 3 is 2.64 bits per heavy atom. The van der Waals surface area contributed by atoms with Gasteiger partial charge in [-0.25, -0.2) is 0 Å². The van der Waals surface area contributed by atoms with Crippen molar-refractivity contribution in [2.24, 2.45) is 5.92 Å². The van der Waals surface area contributed by atoms with Crippen molar-refractivity contribution in [3.8, 4) is 5.75 Å². The van der Waals surface area contributed by atoms with Crippen LogP contribution >= 0.6 is 0 Å². The van der Waals surface area contributed by atoms with E-state index in [9.17, 15) is 9.59 Å². The van der Waals surface area contributed by atoms with Gasteiger partial charge in [0.1, 0.15) is 5.75 Å². The van der Waals surface area contributed by atoms with Crippen LogP contribution in [0.4, 0.5) is 5.69 Å². The van der Waals surface area contributed by atoms with Crippen LogP contribution in [0.2, 0.25) is 0 Å². The van der Waals surface area contributed by atoms with E-state index in [1.807, 2.05) is 12.1 Å². The first-order chi connectivity index (χ1) is 12.0. The van der Waals surface area contributed by atoms with Gasteiger partial charge in [-0.05, 0) is 37.9 Å². The summed E-state index contributed by atoms with van der Waals surface area (Å²) in [5.41, 5.74) is 0.679. The van der Waals surface area contributed by atoms with E-state index in [0.29, 0.717) is 17.4 Å². The fraction of sp³-hybridized carbons (Fsp3) is 0.579. The summed E-state index contributed by atoms with van der Waals surface area (Å²) in [5.74, 6) is 1.04. The molecule has 0 saturated heterocycles. The van der Waals surface area contributed by atoms with Crippen LogP contribution in [-0.2, 0) is 9.59 Å². The standard InChI is InChI=1S/C19H29N3O3/c1-14-7-4-5-10-17(14)21-19(24)13-22(2)12-18(23)20-15-8-6-9-16(11-15)25-3/h6,8-9,11,14,17H,4-5,7,10,12-13H2,1-3H3,(H,20,23)(H,21,24)/t14-,17-/m1/s1. The molecule has 0 aliphatic heterocycles. The molecule has 0 radical (unpaired) electrons. The number of anilines is 1. The Morgan fingerprint density at radius 1 is 1.20 bits per heavy atom.